The van der Waals surface area contributed by atoms with E-state index < -0.39 is 0 Å². The van der Waals surface area contributed by atoms with E-state index in [1.807, 2.05) is 13.0 Å². The van der Waals surface area contributed by atoms with Crippen molar-refractivity contribution in [2.45, 2.75) is 6.92 Å². The Balaban J connectivity index is 3.09. The van der Waals surface area contributed by atoms with Gasteiger partial charge in [0.1, 0.15) is 5.82 Å². The van der Waals surface area contributed by atoms with Crippen molar-refractivity contribution < 1.29 is 4.39 Å². The van der Waals surface area contributed by atoms with Crippen LogP contribution in [-0.2, 0) is 0 Å². The first-order chi connectivity index (χ1) is 5.65. The van der Waals surface area contributed by atoms with Crippen LogP contribution in [-0.4, -0.2) is 7.05 Å². The average Bonchev–Trinajstić information content (AvgIpc) is 2.03. The van der Waals surface area contributed by atoms with Gasteiger partial charge in [-0.3, -0.25) is 0 Å². The first-order valence-corrected chi connectivity index (χ1v) is 3.78. The van der Waals surface area contributed by atoms with E-state index in [1.54, 1.807) is 13.1 Å². The minimum absolute atomic E-state index is 0.227. The van der Waals surface area contributed by atoms with Gasteiger partial charge in [0.2, 0.25) is 0 Å². The molecule has 2 heteroatoms. The molecule has 0 fully saturated rings. The molecule has 0 saturated carbocycles. The highest BCUT2D eigenvalue weighted by atomic mass is 19.1. The molecule has 64 valence electrons. The molecule has 0 aliphatic carbocycles. The average molecular weight is 165 g/mol. The highest BCUT2D eigenvalue weighted by molar-refractivity contribution is 5.62. The van der Waals surface area contributed by atoms with Gasteiger partial charge in [-0.15, -0.1) is 0 Å². The van der Waals surface area contributed by atoms with E-state index in [4.69, 9.17) is 0 Å². The van der Waals surface area contributed by atoms with E-state index in [-0.39, 0.29) is 5.82 Å². The summed E-state index contributed by atoms with van der Waals surface area (Å²) >= 11 is 0. The summed E-state index contributed by atoms with van der Waals surface area (Å²) in [7, 11) is 1.72. The molecule has 0 atom stereocenters. The van der Waals surface area contributed by atoms with Crippen molar-refractivity contribution in [3.05, 3.63) is 41.7 Å². The predicted molar refractivity (Wildman–Crippen MR) is 49.2 cm³/mol. The molecule has 0 aliphatic heterocycles. The first kappa shape index (κ1) is 8.78. The molecular weight excluding hydrogens is 153 g/mol. The Morgan fingerprint density at radius 2 is 2.17 bits per heavy atom. The monoisotopic (exact) mass is 165 g/mol. The molecule has 1 nitrogen and oxygen atoms in total. The van der Waals surface area contributed by atoms with E-state index in [0.717, 1.165) is 5.56 Å². The van der Waals surface area contributed by atoms with Gasteiger partial charge in [-0.05, 0) is 24.6 Å². The largest absolute Gasteiger partial charge is 0.388 e. The molecule has 1 aromatic rings. The fourth-order valence-electron chi connectivity index (χ4n) is 1.000. The zero-order chi connectivity index (χ0) is 9.14. The molecule has 12 heavy (non-hydrogen) atoms. The van der Waals surface area contributed by atoms with Crippen molar-refractivity contribution in [3.8, 4) is 0 Å². The molecule has 1 rings (SSSR count). The fourth-order valence-corrected chi connectivity index (χ4v) is 1.000. The minimum Gasteiger partial charge on any atom is -0.388 e. The van der Waals surface area contributed by atoms with Gasteiger partial charge in [0.15, 0.2) is 0 Å². The second-order valence-electron chi connectivity index (χ2n) is 2.71. The summed E-state index contributed by atoms with van der Waals surface area (Å²) < 4.78 is 13.2. The molecule has 0 spiro atoms. The molecule has 0 saturated heterocycles. The normalized spacial score (nSPS) is 9.58. The number of rotatable bonds is 2. The lowest BCUT2D eigenvalue weighted by molar-refractivity contribution is 0.621. The van der Waals surface area contributed by atoms with Crippen LogP contribution >= 0.6 is 0 Å². The summed E-state index contributed by atoms with van der Waals surface area (Å²) in [5.74, 6) is -0.227. The Bertz CT molecular complexity index is 305. The van der Waals surface area contributed by atoms with E-state index in [2.05, 4.69) is 11.9 Å². The highest BCUT2D eigenvalue weighted by Gasteiger charge is 2.03. The van der Waals surface area contributed by atoms with Gasteiger partial charge in [0, 0.05) is 18.3 Å². The Labute approximate surface area is 71.9 Å². The number of halogens is 1. The summed E-state index contributed by atoms with van der Waals surface area (Å²) in [6.45, 7) is 5.54. The fraction of sp³-hybridized carbons (Fsp3) is 0.200. The van der Waals surface area contributed by atoms with Crippen LogP contribution in [0.4, 0.5) is 4.39 Å². The zero-order valence-electron chi connectivity index (χ0n) is 7.32. The lowest BCUT2D eigenvalue weighted by Crippen LogP contribution is -2.04. The maximum absolute atomic E-state index is 13.2. The van der Waals surface area contributed by atoms with Crippen LogP contribution in [0.15, 0.2) is 24.8 Å². The number of hydrogen-bond acceptors (Lipinski definition) is 1. The molecule has 0 unspecified atom stereocenters. The lowest BCUT2D eigenvalue weighted by Gasteiger charge is -2.06. The standard InChI is InChI=1S/C10H12FN/c1-7-4-5-9(8(2)12-3)10(11)6-7/h4-6,12H,2H2,1,3H3. The van der Waals surface area contributed by atoms with Crippen LogP contribution in [0.2, 0.25) is 0 Å². The van der Waals surface area contributed by atoms with Crippen molar-refractivity contribution in [3.63, 3.8) is 0 Å². The van der Waals surface area contributed by atoms with Crippen molar-refractivity contribution in [2.75, 3.05) is 7.05 Å². The zero-order valence-corrected chi connectivity index (χ0v) is 7.32. The van der Waals surface area contributed by atoms with Gasteiger partial charge in [0.25, 0.3) is 0 Å². The Morgan fingerprint density at radius 3 is 2.67 bits per heavy atom. The van der Waals surface area contributed by atoms with Crippen molar-refractivity contribution in [1.29, 1.82) is 0 Å². The summed E-state index contributed by atoms with van der Waals surface area (Å²) in [6, 6.07) is 5.09. The van der Waals surface area contributed by atoms with Gasteiger partial charge < -0.3 is 5.32 Å². The minimum atomic E-state index is -0.227. The van der Waals surface area contributed by atoms with E-state index in [0.29, 0.717) is 11.3 Å². The smallest absolute Gasteiger partial charge is 0.132 e. The molecule has 0 aromatic heterocycles. The van der Waals surface area contributed by atoms with Crippen LogP contribution in [0, 0.1) is 12.7 Å². The quantitative estimate of drug-likeness (QED) is 0.709. The second kappa shape index (κ2) is 3.39. The third kappa shape index (κ3) is 1.64. The number of aryl methyl sites for hydroxylation is 1. The molecule has 0 bridgehead atoms. The molecule has 0 heterocycles. The molecular formula is C10H12FN. The molecule has 0 amide bonds. The Morgan fingerprint density at radius 1 is 1.50 bits per heavy atom. The first-order valence-electron chi connectivity index (χ1n) is 3.78. The third-order valence-electron chi connectivity index (χ3n) is 1.75. The Kier molecular flexibility index (Phi) is 2.48. The lowest BCUT2D eigenvalue weighted by atomic mass is 10.1. The van der Waals surface area contributed by atoms with E-state index in [9.17, 15) is 4.39 Å². The summed E-state index contributed by atoms with van der Waals surface area (Å²) in [6.07, 6.45) is 0. The molecule has 1 aromatic carbocycles. The van der Waals surface area contributed by atoms with Gasteiger partial charge in [-0.25, -0.2) is 4.39 Å². The van der Waals surface area contributed by atoms with Crippen LogP contribution in [0.1, 0.15) is 11.1 Å². The summed E-state index contributed by atoms with van der Waals surface area (Å²) in [4.78, 5) is 0. The van der Waals surface area contributed by atoms with Crippen LogP contribution in [0.3, 0.4) is 0 Å². The van der Waals surface area contributed by atoms with Gasteiger partial charge in [-0.2, -0.15) is 0 Å². The molecule has 1 N–H and O–H groups in total. The van der Waals surface area contributed by atoms with Crippen molar-refractivity contribution in [2.24, 2.45) is 0 Å². The highest BCUT2D eigenvalue weighted by Crippen LogP contribution is 2.15. The summed E-state index contributed by atoms with van der Waals surface area (Å²) in [5, 5.41) is 2.81. The van der Waals surface area contributed by atoms with Crippen LogP contribution in [0.5, 0.6) is 0 Å². The topological polar surface area (TPSA) is 12.0 Å². The second-order valence-corrected chi connectivity index (χ2v) is 2.71. The van der Waals surface area contributed by atoms with Crippen LogP contribution < -0.4 is 5.32 Å². The predicted octanol–water partition coefficient (Wildman–Crippen LogP) is 2.32. The Hall–Kier alpha value is -1.31. The number of hydrogen-bond donors (Lipinski definition) is 1. The van der Waals surface area contributed by atoms with E-state index >= 15 is 0 Å². The SMILES string of the molecule is C=C(NC)c1ccc(C)cc1F. The van der Waals surface area contributed by atoms with E-state index in [1.165, 1.54) is 6.07 Å². The van der Waals surface area contributed by atoms with Gasteiger partial charge in [0.05, 0.1) is 0 Å². The summed E-state index contributed by atoms with van der Waals surface area (Å²) in [5.41, 5.74) is 2.05. The van der Waals surface area contributed by atoms with Crippen molar-refractivity contribution in [1.82, 2.24) is 5.32 Å². The van der Waals surface area contributed by atoms with Gasteiger partial charge in [-0.1, -0.05) is 12.6 Å². The molecule has 0 radical (unpaired) electrons. The molecule has 0 aliphatic rings. The van der Waals surface area contributed by atoms with Gasteiger partial charge >= 0.3 is 0 Å². The van der Waals surface area contributed by atoms with Crippen molar-refractivity contribution >= 4 is 5.70 Å². The number of benzene rings is 1. The third-order valence-corrected chi connectivity index (χ3v) is 1.75. The van der Waals surface area contributed by atoms with Crippen LogP contribution in [0.25, 0.3) is 5.70 Å². The number of nitrogens with one attached hydrogen (secondary N) is 1. The maximum atomic E-state index is 13.2. The maximum Gasteiger partial charge on any atom is 0.132 e.